The highest BCUT2D eigenvalue weighted by atomic mass is 16.5. The van der Waals surface area contributed by atoms with Gasteiger partial charge in [0.1, 0.15) is 5.75 Å². The normalized spacial score (nSPS) is 20.7. The first-order valence-corrected chi connectivity index (χ1v) is 10.3. The zero-order valence-electron chi connectivity index (χ0n) is 16.4. The van der Waals surface area contributed by atoms with E-state index in [1.165, 1.54) is 31.2 Å². The average Bonchev–Trinajstić information content (AvgIpc) is 3.21. The lowest BCUT2D eigenvalue weighted by molar-refractivity contribution is -0.138. The number of methoxy groups -OCH3 is 1. The molecule has 1 saturated carbocycles. The van der Waals surface area contributed by atoms with Crippen LogP contribution in [-0.2, 0) is 16.0 Å². The van der Waals surface area contributed by atoms with Crippen LogP contribution in [0.5, 0.6) is 5.75 Å². The lowest BCUT2D eigenvalue weighted by Gasteiger charge is -2.32. The highest BCUT2D eigenvalue weighted by Crippen LogP contribution is 2.27. The molecule has 0 unspecified atom stereocenters. The SMILES string of the molecule is COc1ccc(CCN2C[C@@H](C(=O)NCCC3CCCC3)CCC2=O)cc1. The minimum Gasteiger partial charge on any atom is -0.497 e. The molecule has 1 aliphatic heterocycles. The molecule has 1 N–H and O–H groups in total. The molecule has 1 aromatic carbocycles. The fourth-order valence-electron chi connectivity index (χ4n) is 4.24. The lowest BCUT2D eigenvalue weighted by Crippen LogP contribution is -2.46. The molecule has 1 aliphatic carbocycles. The summed E-state index contributed by atoms with van der Waals surface area (Å²) in [6.45, 7) is 1.99. The van der Waals surface area contributed by atoms with Crippen LogP contribution in [0.2, 0.25) is 0 Å². The lowest BCUT2D eigenvalue weighted by atomic mass is 9.96. The maximum absolute atomic E-state index is 12.5. The molecule has 1 heterocycles. The van der Waals surface area contributed by atoms with E-state index in [0.29, 0.717) is 25.9 Å². The van der Waals surface area contributed by atoms with Gasteiger partial charge in [-0.2, -0.15) is 0 Å². The van der Waals surface area contributed by atoms with E-state index >= 15 is 0 Å². The van der Waals surface area contributed by atoms with Crippen LogP contribution < -0.4 is 10.1 Å². The van der Waals surface area contributed by atoms with Crippen molar-refractivity contribution in [3.8, 4) is 5.75 Å². The van der Waals surface area contributed by atoms with Gasteiger partial charge in [0.05, 0.1) is 13.0 Å². The maximum atomic E-state index is 12.5. The van der Waals surface area contributed by atoms with E-state index < -0.39 is 0 Å². The highest BCUT2D eigenvalue weighted by Gasteiger charge is 2.30. The number of nitrogens with one attached hydrogen (secondary N) is 1. The van der Waals surface area contributed by atoms with E-state index in [0.717, 1.165) is 31.1 Å². The van der Waals surface area contributed by atoms with Crippen molar-refractivity contribution in [3.63, 3.8) is 0 Å². The predicted molar refractivity (Wildman–Crippen MR) is 106 cm³/mol. The van der Waals surface area contributed by atoms with Crippen LogP contribution in [0.1, 0.15) is 50.5 Å². The number of ether oxygens (including phenoxy) is 1. The molecular weight excluding hydrogens is 340 g/mol. The molecule has 2 aliphatic rings. The molecule has 1 saturated heterocycles. The van der Waals surface area contributed by atoms with Crippen molar-refractivity contribution in [2.45, 2.75) is 51.4 Å². The minimum atomic E-state index is -0.0675. The van der Waals surface area contributed by atoms with Crippen LogP contribution in [0, 0.1) is 11.8 Å². The number of carbonyl (C=O) groups excluding carboxylic acids is 2. The molecule has 148 valence electrons. The van der Waals surface area contributed by atoms with Crippen LogP contribution >= 0.6 is 0 Å². The molecule has 1 atom stereocenters. The molecule has 2 amide bonds. The third-order valence-corrected chi connectivity index (χ3v) is 6.03. The number of hydrogen-bond acceptors (Lipinski definition) is 3. The van der Waals surface area contributed by atoms with Gasteiger partial charge in [-0.15, -0.1) is 0 Å². The standard InChI is InChI=1S/C22H32N2O3/c1-27-20-9-6-18(7-10-20)13-15-24-16-19(8-11-21(24)25)22(26)23-14-12-17-4-2-3-5-17/h6-7,9-10,17,19H,2-5,8,11-16H2,1H3,(H,23,26)/t19-/m0/s1. The van der Waals surface area contributed by atoms with E-state index in [-0.39, 0.29) is 17.7 Å². The molecule has 5 heteroatoms. The minimum absolute atomic E-state index is 0.0675. The zero-order valence-corrected chi connectivity index (χ0v) is 16.4. The van der Waals surface area contributed by atoms with Gasteiger partial charge >= 0.3 is 0 Å². The number of hydrogen-bond donors (Lipinski definition) is 1. The Balaban J connectivity index is 1.43. The second kappa shape index (κ2) is 9.77. The third-order valence-electron chi connectivity index (χ3n) is 6.03. The molecule has 0 aromatic heterocycles. The second-order valence-electron chi connectivity index (χ2n) is 7.90. The summed E-state index contributed by atoms with van der Waals surface area (Å²) in [6.07, 6.45) is 8.35. The zero-order chi connectivity index (χ0) is 19.1. The maximum Gasteiger partial charge on any atom is 0.224 e. The summed E-state index contributed by atoms with van der Waals surface area (Å²) in [5.74, 6) is 1.84. The van der Waals surface area contributed by atoms with Crippen LogP contribution in [0.15, 0.2) is 24.3 Å². The van der Waals surface area contributed by atoms with Crippen molar-refractivity contribution in [1.29, 1.82) is 0 Å². The Labute approximate surface area is 162 Å². The Morgan fingerprint density at radius 1 is 1.19 bits per heavy atom. The van der Waals surface area contributed by atoms with Crippen molar-refractivity contribution < 1.29 is 14.3 Å². The Morgan fingerprint density at radius 2 is 1.93 bits per heavy atom. The van der Waals surface area contributed by atoms with Crippen molar-refractivity contribution in [2.75, 3.05) is 26.7 Å². The van der Waals surface area contributed by atoms with Gasteiger partial charge in [-0.05, 0) is 42.9 Å². The van der Waals surface area contributed by atoms with Gasteiger partial charge in [-0.25, -0.2) is 0 Å². The van der Waals surface area contributed by atoms with Crippen LogP contribution in [0.3, 0.4) is 0 Å². The number of piperidine rings is 1. The Kier molecular flexibility index (Phi) is 7.13. The van der Waals surface area contributed by atoms with Crippen LogP contribution in [0.4, 0.5) is 0 Å². The molecule has 2 fully saturated rings. The first-order chi connectivity index (χ1) is 13.2. The topological polar surface area (TPSA) is 58.6 Å². The van der Waals surface area contributed by atoms with Gasteiger partial charge in [0, 0.05) is 26.1 Å². The molecule has 0 spiro atoms. The van der Waals surface area contributed by atoms with Gasteiger partial charge < -0.3 is 15.0 Å². The number of nitrogens with zero attached hydrogens (tertiary/aromatic N) is 1. The van der Waals surface area contributed by atoms with Crippen molar-refractivity contribution >= 4 is 11.8 Å². The number of rotatable bonds is 8. The largest absolute Gasteiger partial charge is 0.497 e. The first kappa shape index (κ1) is 19.7. The van der Waals surface area contributed by atoms with Gasteiger partial charge in [0.25, 0.3) is 0 Å². The van der Waals surface area contributed by atoms with Crippen LogP contribution in [0.25, 0.3) is 0 Å². The van der Waals surface area contributed by atoms with E-state index in [1.807, 2.05) is 29.2 Å². The van der Waals surface area contributed by atoms with Gasteiger partial charge in [-0.1, -0.05) is 37.8 Å². The molecule has 1 aromatic rings. The molecular formula is C22H32N2O3. The molecule has 0 radical (unpaired) electrons. The summed E-state index contributed by atoms with van der Waals surface area (Å²) in [6, 6.07) is 7.93. The van der Waals surface area contributed by atoms with Gasteiger partial charge in [-0.3, -0.25) is 9.59 Å². The Bertz CT molecular complexity index is 623. The summed E-state index contributed by atoms with van der Waals surface area (Å²) in [4.78, 5) is 26.6. The number of likely N-dealkylation sites (tertiary alicyclic amines) is 1. The molecule has 27 heavy (non-hydrogen) atoms. The van der Waals surface area contributed by atoms with Crippen molar-refractivity contribution in [3.05, 3.63) is 29.8 Å². The average molecular weight is 373 g/mol. The van der Waals surface area contributed by atoms with E-state index in [1.54, 1.807) is 7.11 Å². The summed E-state index contributed by atoms with van der Waals surface area (Å²) in [5.41, 5.74) is 1.17. The predicted octanol–water partition coefficient (Wildman–Crippen LogP) is 3.17. The summed E-state index contributed by atoms with van der Waals surface area (Å²) < 4.78 is 5.18. The Morgan fingerprint density at radius 3 is 2.63 bits per heavy atom. The van der Waals surface area contributed by atoms with E-state index in [2.05, 4.69) is 5.32 Å². The highest BCUT2D eigenvalue weighted by molar-refractivity contribution is 5.83. The number of benzene rings is 1. The summed E-state index contributed by atoms with van der Waals surface area (Å²) >= 11 is 0. The van der Waals surface area contributed by atoms with E-state index in [9.17, 15) is 9.59 Å². The van der Waals surface area contributed by atoms with Crippen molar-refractivity contribution in [2.24, 2.45) is 11.8 Å². The molecule has 3 rings (SSSR count). The number of carbonyl (C=O) groups is 2. The smallest absolute Gasteiger partial charge is 0.224 e. The first-order valence-electron chi connectivity index (χ1n) is 10.3. The summed E-state index contributed by atoms with van der Waals surface area (Å²) in [7, 11) is 1.65. The Hall–Kier alpha value is -2.04. The van der Waals surface area contributed by atoms with Gasteiger partial charge in [0.2, 0.25) is 11.8 Å². The second-order valence-corrected chi connectivity index (χ2v) is 7.90. The fourth-order valence-corrected chi connectivity index (χ4v) is 4.24. The number of amides is 2. The quantitative estimate of drug-likeness (QED) is 0.762. The molecule has 5 nitrogen and oxygen atoms in total. The van der Waals surface area contributed by atoms with Crippen LogP contribution in [-0.4, -0.2) is 43.5 Å². The molecule has 0 bridgehead atoms. The third kappa shape index (κ3) is 5.72. The summed E-state index contributed by atoms with van der Waals surface area (Å²) in [5, 5.41) is 3.11. The monoisotopic (exact) mass is 372 g/mol. The van der Waals surface area contributed by atoms with E-state index in [4.69, 9.17) is 4.74 Å². The van der Waals surface area contributed by atoms with Crippen molar-refractivity contribution in [1.82, 2.24) is 10.2 Å². The van der Waals surface area contributed by atoms with Gasteiger partial charge in [0.15, 0.2) is 0 Å². The fraction of sp³-hybridized carbons (Fsp3) is 0.636.